The first kappa shape index (κ1) is 94.4. The molecule has 0 atom stereocenters. The molecule has 0 radical (unpaired) electrons. The Labute approximate surface area is 563 Å². The van der Waals surface area contributed by atoms with Crippen molar-refractivity contribution in [1.82, 2.24) is 19.9 Å². The normalized spacial score (nSPS) is 15.5. The van der Waals surface area contributed by atoms with Crippen molar-refractivity contribution in [2.45, 2.75) is 144 Å². The zero-order chi connectivity index (χ0) is 87.1. The van der Waals surface area contributed by atoms with Crippen LogP contribution in [0.3, 0.4) is 0 Å². The van der Waals surface area contributed by atoms with Gasteiger partial charge in [0.05, 0.1) is 12.1 Å². The molecule has 4 rings (SSSR count). The lowest BCUT2D eigenvalue weighted by atomic mass is 9.87. The van der Waals surface area contributed by atoms with E-state index in [0.717, 1.165) is 0 Å². The highest BCUT2D eigenvalue weighted by atomic mass is 19.5. The highest BCUT2D eigenvalue weighted by molar-refractivity contribution is 5.79. The summed E-state index contributed by atoms with van der Waals surface area (Å²) in [6, 6.07) is -10.2. The molecule has 630 valence electrons. The van der Waals surface area contributed by atoms with Gasteiger partial charge in [0, 0.05) is 22.3 Å². The van der Waals surface area contributed by atoms with E-state index < -0.39 is 287 Å². The molecule has 110 heavy (non-hydrogen) atoms. The summed E-state index contributed by atoms with van der Waals surface area (Å²) in [6.07, 6.45) is -48.0. The van der Waals surface area contributed by atoms with E-state index in [1.54, 1.807) is 0 Å². The summed E-state index contributed by atoms with van der Waals surface area (Å²) in [5.74, 6) is -161. The van der Waals surface area contributed by atoms with Gasteiger partial charge in [-0.15, -0.1) is 0 Å². The Kier molecular flexibility index (Phi) is 23.5. The number of hydrogen-bond acceptors (Lipinski definition) is 8. The van der Waals surface area contributed by atoms with Crippen LogP contribution in [-0.2, 0) is 11.8 Å². The number of benzene rings is 2. The second kappa shape index (κ2) is 27.4. The molecule has 0 amide bonds. The van der Waals surface area contributed by atoms with Gasteiger partial charge in [-0.2, -0.15) is 257 Å². The van der Waals surface area contributed by atoms with Crippen molar-refractivity contribution >= 4 is 0 Å². The summed E-state index contributed by atoms with van der Waals surface area (Å²) in [4.78, 5) is 10.3. The van der Waals surface area contributed by atoms with Crippen LogP contribution in [0, 0.1) is 0 Å². The van der Waals surface area contributed by atoms with Gasteiger partial charge in [0.2, 0.25) is 23.5 Å². The smallest absolute Gasteiger partial charge is 0.460 e. The molecule has 0 saturated heterocycles. The van der Waals surface area contributed by atoms with Gasteiger partial charge in [0.1, 0.15) is 0 Å². The Morgan fingerprint density at radius 3 is 0.527 bits per heavy atom. The Balaban J connectivity index is 2.47. The number of aromatic nitrogens is 4. The quantitative estimate of drug-likeness (QED) is 0.0497. The largest absolute Gasteiger partial charge is 0.471 e. The van der Waals surface area contributed by atoms with Crippen LogP contribution in [0.1, 0.15) is 11.1 Å². The van der Waals surface area contributed by atoms with Crippen LogP contribution < -0.4 is 18.9 Å². The van der Waals surface area contributed by atoms with Crippen molar-refractivity contribution in [3.63, 3.8) is 0 Å². The van der Waals surface area contributed by atoms with Crippen molar-refractivity contribution in [2.75, 3.05) is 26.4 Å². The predicted molar refractivity (Wildman–Crippen MR) is 239 cm³/mol. The third kappa shape index (κ3) is 15.7. The fourth-order valence-electron chi connectivity index (χ4n) is 7.34. The van der Waals surface area contributed by atoms with E-state index in [1.807, 2.05) is 0 Å². The minimum atomic E-state index is -8.57. The van der Waals surface area contributed by atoms with Gasteiger partial charge in [-0.05, 0) is 47.5 Å². The van der Waals surface area contributed by atoms with Crippen molar-refractivity contribution in [3.8, 4) is 57.4 Å². The monoisotopic (exact) mass is 1740 g/mol. The Bertz CT molecular complexity index is 3570. The van der Waals surface area contributed by atoms with Crippen molar-refractivity contribution in [2.24, 2.45) is 0 Å². The molecule has 0 spiro atoms. The third-order valence-electron chi connectivity index (χ3n) is 13.5. The summed E-state index contributed by atoms with van der Waals surface area (Å²) in [6.45, 7) is -16.2. The lowest BCUT2D eigenvalue weighted by molar-refractivity contribution is -0.400. The maximum Gasteiger partial charge on any atom is 0.460 e. The maximum absolute atomic E-state index is 15.8. The van der Waals surface area contributed by atoms with Gasteiger partial charge < -0.3 is 18.9 Å². The highest BCUT2D eigenvalue weighted by Gasteiger charge is 2.88. The van der Waals surface area contributed by atoms with Gasteiger partial charge in [-0.1, -0.05) is 0 Å². The first-order chi connectivity index (χ1) is 47.9. The molecule has 0 aliphatic rings. The van der Waals surface area contributed by atoms with Crippen molar-refractivity contribution in [3.05, 3.63) is 59.7 Å². The zero-order valence-corrected chi connectivity index (χ0v) is 49.3. The molecule has 0 bridgehead atoms. The fourth-order valence-corrected chi connectivity index (χ4v) is 7.34. The number of alkyl halides is 54. The molecule has 0 aliphatic carbocycles. The van der Waals surface area contributed by atoms with Crippen LogP contribution >= 0.6 is 0 Å². The van der Waals surface area contributed by atoms with Crippen LogP contribution in [0.5, 0.6) is 23.5 Å². The number of hydrogen-bond donors (Lipinski definition) is 0. The standard InChI is InChI=1S/C48H16F54N4O4/c49-25(50,31(61,62)37(73,74)43(85,86)87)9-107-19-7-20(108-10-26(51,52)32(63,64)38(75,76)44(88,89)90)104-23(103-19)15-1-13(14-4-17(29(57,58)35(69,70)41(81,82)47(97,98)99)6-18(5-14)30(59,60)36(71,72)42(83,84)48(100,101)102)2-16(3-15)24-105-21(109-11-27(53,54)33(65,66)39(77,78)45(91,92)93)8-22(106-24)110-12-28(55,56)34(67,68)40(79,80)46(94,95)96/h1-8H,9-12H2. The maximum atomic E-state index is 15.8. The van der Waals surface area contributed by atoms with E-state index in [4.69, 9.17) is 0 Å². The third-order valence-corrected chi connectivity index (χ3v) is 13.5. The van der Waals surface area contributed by atoms with Crippen molar-refractivity contribution < 1.29 is 256 Å². The minimum Gasteiger partial charge on any atom is -0.471 e. The average Bonchev–Trinajstić information content (AvgIpc) is 0.721. The first-order valence-corrected chi connectivity index (χ1v) is 25.7. The number of rotatable bonds is 29. The SMILES string of the molecule is FC(F)(F)C(F)(F)C(F)(F)C(F)(F)COc1cc(OCC(F)(F)C(F)(F)C(F)(F)C(F)(F)F)nc(-c2cc(-c3cc(C(F)(F)C(F)(F)C(F)(F)C(F)(F)F)cc(C(F)(F)C(F)(F)C(F)(F)C(F)(F)F)c3)cc(-c3nc(OCC(F)(F)C(F)(F)C(F)(F)C(F)(F)F)cc(OCC(F)(F)C(F)(F)C(F)(F)C(F)(F)F)n3)c2)n1. The molecular weight excluding hydrogens is 1720 g/mol. The fraction of sp³-hybridized carbons (Fsp3) is 0.583. The first-order valence-electron chi connectivity index (χ1n) is 25.7. The molecule has 2 aromatic carbocycles. The highest BCUT2D eigenvalue weighted by Crippen LogP contribution is 2.63. The van der Waals surface area contributed by atoms with E-state index in [1.165, 1.54) is 0 Å². The topological polar surface area (TPSA) is 88.5 Å². The molecule has 4 aromatic rings. The molecule has 0 fully saturated rings. The van der Waals surface area contributed by atoms with Crippen LogP contribution in [0.4, 0.5) is 237 Å². The predicted octanol–water partition coefficient (Wildman–Crippen LogP) is 21.5. The van der Waals surface area contributed by atoms with E-state index in [9.17, 15) is 202 Å². The van der Waals surface area contributed by atoms with E-state index in [0.29, 0.717) is 0 Å². The van der Waals surface area contributed by atoms with Gasteiger partial charge in [-0.25, -0.2) is 0 Å². The molecule has 2 heterocycles. The Morgan fingerprint density at radius 2 is 0.345 bits per heavy atom. The Morgan fingerprint density at radius 1 is 0.182 bits per heavy atom. The molecule has 0 N–H and O–H groups in total. The summed E-state index contributed by atoms with van der Waals surface area (Å²) in [5.41, 5.74) is -18.9. The second-order valence-electron chi connectivity index (χ2n) is 21.3. The zero-order valence-electron chi connectivity index (χ0n) is 49.3. The molecule has 0 unspecified atom stereocenters. The number of halogens is 54. The van der Waals surface area contributed by atoms with Gasteiger partial charge >= 0.3 is 144 Å². The van der Waals surface area contributed by atoms with E-state index in [2.05, 4.69) is 38.9 Å². The van der Waals surface area contributed by atoms with Gasteiger partial charge in [0.25, 0.3) is 0 Å². The van der Waals surface area contributed by atoms with Gasteiger partial charge in [0.15, 0.2) is 38.1 Å². The Hall–Kier alpha value is -7.98. The minimum absolute atomic E-state index is 0.780. The summed E-state index contributed by atoms with van der Waals surface area (Å²) >= 11 is 0. The molecule has 62 heteroatoms. The van der Waals surface area contributed by atoms with Crippen LogP contribution in [0.2, 0.25) is 0 Å². The van der Waals surface area contributed by atoms with Crippen LogP contribution in [0.25, 0.3) is 33.9 Å². The van der Waals surface area contributed by atoms with Crippen LogP contribution in [-0.4, -0.2) is 178 Å². The molecule has 0 aliphatic heterocycles. The second-order valence-corrected chi connectivity index (χ2v) is 21.3. The average molecular weight is 1740 g/mol. The summed E-state index contributed by atoms with van der Waals surface area (Å²) in [7, 11) is 0. The number of nitrogens with zero attached hydrogens (tertiary/aromatic N) is 4. The van der Waals surface area contributed by atoms with Crippen molar-refractivity contribution in [1.29, 1.82) is 0 Å². The van der Waals surface area contributed by atoms with Crippen LogP contribution in [0.15, 0.2) is 48.5 Å². The van der Waals surface area contributed by atoms with E-state index in [-0.39, 0.29) is 0 Å². The molecule has 8 nitrogen and oxygen atoms in total. The van der Waals surface area contributed by atoms with Gasteiger partial charge in [-0.3, -0.25) is 0 Å². The summed E-state index contributed by atoms with van der Waals surface area (Å²) in [5, 5.41) is 0. The molecule has 2 aromatic heterocycles. The lowest BCUT2D eigenvalue weighted by Gasteiger charge is -2.36. The summed E-state index contributed by atoms with van der Waals surface area (Å²) < 4.78 is 774. The lowest BCUT2D eigenvalue weighted by Crippen LogP contribution is -2.62. The molecule has 0 saturated carbocycles. The van der Waals surface area contributed by atoms with E-state index >= 15 is 35.1 Å². The molecular formula is C48H16F54N4O4. The number of ether oxygens (including phenoxy) is 4.